The molecule has 0 spiro atoms. The summed E-state index contributed by atoms with van der Waals surface area (Å²) < 4.78 is 0. The fourth-order valence-electron chi connectivity index (χ4n) is 2.23. The zero-order valence-corrected chi connectivity index (χ0v) is 7.60. The van der Waals surface area contributed by atoms with Crippen LogP contribution in [0.5, 0.6) is 0 Å². The molecule has 0 amide bonds. The van der Waals surface area contributed by atoms with Crippen LogP contribution in [0, 0.1) is 11.8 Å². The Morgan fingerprint density at radius 2 is 2.00 bits per heavy atom. The van der Waals surface area contributed by atoms with E-state index in [0.717, 1.165) is 6.42 Å². The zero-order chi connectivity index (χ0) is 8.27. The second-order valence-electron chi connectivity index (χ2n) is 3.67. The molecule has 0 aromatic heterocycles. The number of carbonyl (C=O) groups is 1. The molecule has 0 aromatic carbocycles. The van der Waals surface area contributed by atoms with Gasteiger partial charge in [-0.05, 0) is 25.7 Å². The predicted octanol–water partition coefficient (Wildman–Crippen LogP) is 2.79. The van der Waals surface area contributed by atoms with E-state index in [1.165, 1.54) is 25.7 Å². The van der Waals surface area contributed by atoms with E-state index in [-0.39, 0.29) is 0 Å². The summed E-state index contributed by atoms with van der Waals surface area (Å²) in [6, 6.07) is 0. The smallest absolute Gasteiger partial charge is 0.133 e. The van der Waals surface area contributed by atoms with Crippen molar-refractivity contribution in [2.45, 2.75) is 46.0 Å². The summed E-state index contributed by atoms with van der Waals surface area (Å²) in [5.74, 6) is 1.51. The molecular formula is C10H18O. The normalized spacial score (nSPS) is 31.8. The lowest BCUT2D eigenvalue weighted by Gasteiger charge is -2.28. The summed E-state index contributed by atoms with van der Waals surface area (Å²) in [5, 5.41) is 0. The highest BCUT2D eigenvalue weighted by Crippen LogP contribution is 2.32. The molecule has 11 heavy (non-hydrogen) atoms. The molecule has 2 atom stereocenters. The van der Waals surface area contributed by atoms with Crippen LogP contribution in [0.2, 0.25) is 0 Å². The van der Waals surface area contributed by atoms with E-state index in [4.69, 9.17) is 0 Å². The lowest BCUT2D eigenvalue weighted by molar-refractivity contribution is -0.123. The van der Waals surface area contributed by atoms with E-state index < -0.39 is 0 Å². The van der Waals surface area contributed by atoms with Gasteiger partial charge in [-0.15, -0.1) is 0 Å². The highest BCUT2D eigenvalue weighted by molar-refractivity contribution is 5.78. The quantitative estimate of drug-likeness (QED) is 0.597. The Kier molecular flexibility index (Phi) is 3.10. The Bertz CT molecular complexity index is 140. The van der Waals surface area contributed by atoms with Gasteiger partial charge in [0.1, 0.15) is 5.78 Å². The zero-order valence-electron chi connectivity index (χ0n) is 7.60. The van der Waals surface area contributed by atoms with Gasteiger partial charge >= 0.3 is 0 Å². The number of hydrogen-bond donors (Lipinski definition) is 0. The van der Waals surface area contributed by atoms with E-state index >= 15 is 0 Å². The third-order valence-corrected chi connectivity index (χ3v) is 2.96. The van der Waals surface area contributed by atoms with E-state index in [1.54, 1.807) is 6.92 Å². The van der Waals surface area contributed by atoms with Crippen molar-refractivity contribution >= 4 is 5.78 Å². The number of Topliss-reactive ketones (excluding diaryl/α,β-unsaturated/α-hetero) is 1. The second kappa shape index (κ2) is 3.89. The van der Waals surface area contributed by atoms with Crippen molar-refractivity contribution in [1.29, 1.82) is 0 Å². The largest absolute Gasteiger partial charge is 0.300 e. The molecule has 1 aliphatic carbocycles. The molecule has 1 rings (SSSR count). The van der Waals surface area contributed by atoms with Gasteiger partial charge in [0.2, 0.25) is 0 Å². The van der Waals surface area contributed by atoms with Crippen LogP contribution in [-0.2, 0) is 4.79 Å². The van der Waals surface area contributed by atoms with E-state index in [0.29, 0.717) is 17.6 Å². The molecule has 1 unspecified atom stereocenters. The summed E-state index contributed by atoms with van der Waals surface area (Å²) in [6.45, 7) is 3.95. The molecule has 0 heterocycles. The Balaban J connectivity index is 2.51. The van der Waals surface area contributed by atoms with Crippen molar-refractivity contribution in [3.8, 4) is 0 Å². The lowest BCUT2D eigenvalue weighted by atomic mass is 9.76. The molecule has 1 heteroatoms. The molecule has 0 aromatic rings. The summed E-state index contributed by atoms with van der Waals surface area (Å²) >= 11 is 0. The first-order valence-corrected chi connectivity index (χ1v) is 4.76. The fraction of sp³-hybridized carbons (Fsp3) is 0.900. The maximum absolute atomic E-state index is 11.2. The molecule has 0 saturated heterocycles. The molecule has 0 N–H and O–H groups in total. The van der Waals surface area contributed by atoms with Gasteiger partial charge < -0.3 is 0 Å². The first-order valence-electron chi connectivity index (χ1n) is 4.76. The Morgan fingerprint density at radius 3 is 2.45 bits per heavy atom. The highest BCUT2D eigenvalue weighted by Gasteiger charge is 2.26. The summed E-state index contributed by atoms with van der Waals surface area (Å²) in [7, 11) is 0. The number of carbonyl (C=O) groups excluding carboxylic acids is 1. The first kappa shape index (κ1) is 8.76. The van der Waals surface area contributed by atoms with Gasteiger partial charge in [-0.3, -0.25) is 4.79 Å². The van der Waals surface area contributed by atoms with Crippen molar-refractivity contribution in [2.75, 3.05) is 0 Å². The number of hydrogen-bond acceptors (Lipinski definition) is 1. The molecule has 1 aliphatic rings. The third kappa shape index (κ3) is 2.05. The molecule has 1 nitrogen and oxygen atoms in total. The van der Waals surface area contributed by atoms with Crippen molar-refractivity contribution < 1.29 is 4.79 Å². The molecule has 1 saturated carbocycles. The topological polar surface area (TPSA) is 17.1 Å². The summed E-state index contributed by atoms with van der Waals surface area (Å²) in [6.07, 6.45) is 6.21. The van der Waals surface area contributed by atoms with Crippen molar-refractivity contribution in [3.63, 3.8) is 0 Å². The molecule has 0 radical (unpaired) electrons. The Labute approximate surface area is 69.2 Å². The van der Waals surface area contributed by atoms with Crippen LogP contribution in [0.1, 0.15) is 46.0 Å². The third-order valence-electron chi connectivity index (χ3n) is 2.96. The molecular weight excluding hydrogens is 136 g/mol. The minimum absolute atomic E-state index is 0.397. The molecule has 0 aliphatic heterocycles. The monoisotopic (exact) mass is 154 g/mol. The standard InChI is InChI=1S/C10H18O/c1-3-9-6-4-5-7-10(9)8(2)11/h9-10H,3-7H2,1-2H3/t9?,10-/m0/s1. The first-order chi connectivity index (χ1) is 5.25. The minimum Gasteiger partial charge on any atom is -0.300 e. The van der Waals surface area contributed by atoms with Gasteiger partial charge in [0.25, 0.3) is 0 Å². The molecule has 0 bridgehead atoms. The van der Waals surface area contributed by atoms with Gasteiger partial charge in [0.05, 0.1) is 0 Å². The fourth-order valence-corrected chi connectivity index (χ4v) is 2.23. The van der Waals surface area contributed by atoms with Crippen LogP contribution < -0.4 is 0 Å². The van der Waals surface area contributed by atoms with E-state index in [1.807, 2.05) is 0 Å². The van der Waals surface area contributed by atoms with Gasteiger partial charge in [-0.2, -0.15) is 0 Å². The average Bonchev–Trinajstić information content (AvgIpc) is 2.04. The molecule has 1 fully saturated rings. The van der Waals surface area contributed by atoms with Crippen molar-refractivity contribution in [2.24, 2.45) is 11.8 Å². The molecule has 64 valence electrons. The predicted molar refractivity (Wildman–Crippen MR) is 46.4 cm³/mol. The van der Waals surface area contributed by atoms with Crippen LogP contribution in [-0.4, -0.2) is 5.78 Å². The Hall–Kier alpha value is -0.330. The van der Waals surface area contributed by atoms with E-state index in [2.05, 4.69) is 6.92 Å². The maximum atomic E-state index is 11.2. The van der Waals surface area contributed by atoms with Gasteiger partial charge in [-0.1, -0.05) is 26.2 Å². The van der Waals surface area contributed by atoms with Gasteiger partial charge in [0, 0.05) is 5.92 Å². The minimum atomic E-state index is 0.397. The van der Waals surface area contributed by atoms with Crippen LogP contribution >= 0.6 is 0 Å². The number of ketones is 1. The van der Waals surface area contributed by atoms with E-state index in [9.17, 15) is 4.79 Å². The summed E-state index contributed by atoms with van der Waals surface area (Å²) in [5.41, 5.74) is 0. The Morgan fingerprint density at radius 1 is 1.36 bits per heavy atom. The van der Waals surface area contributed by atoms with Crippen LogP contribution in [0.3, 0.4) is 0 Å². The number of rotatable bonds is 2. The van der Waals surface area contributed by atoms with Crippen LogP contribution in [0.25, 0.3) is 0 Å². The van der Waals surface area contributed by atoms with Crippen molar-refractivity contribution in [3.05, 3.63) is 0 Å². The van der Waals surface area contributed by atoms with Crippen LogP contribution in [0.4, 0.5) is 0 Å². The highest BCUT2D eigenvalue weighted by atomic mass is 16.1. The average molecular weight is 154 g/mol. The van der Waals surface area contributed by atoms with Gasteiger partial charge in [0.15, 0.2) is 0 Å². The van der Waals surface area contributed by atoms with Crippen molar-refractivity contribution in [1.82, 2.24) is 0 Å². The lowest BCUT2D eigenvalue weighted by Crippen LogP contribution is -2.24. The van der Waals surface area contributed by atoms with Crippen LogP contribution in [0.15, 0.2) is 0 Å². The second-order valence-corrected chi connectivity index (χ2v) is 3.67. The SMILES string of the molecule is CCC1CCCC[C@H]1C(C)=O. The maximum Gasteiger partial charge on any atom is 0.133 e. The van der Waals surface area contributed by atoms with Gasteiger partial charge in [-0.25, -0.2) is 0 Å². The summed E-state index contributed by atoms with van der Waals surface area (Å²) in [4.78, 5) is 11.2.